The Kier molecular flexibility index (Phi) is 6.40. The van der Waals surface area contributed by atoms with Crippen molar-refractivity contribution in [2.24, 2.45) is 10.2 Å². The van der Waals surface area contributed by atoms with E-state index < -0.39 is 5.56 Å². The molecule has 1 heterocycles. The molecule has 6 heteroatoms. The number of aromatic hydroxyl groups is 1. The molecule has 0 spiro atoms. The van der Waals surface area contributed by atoms with Crippen LogP contribution in [-0.4, -0.2) is 9.67 Å². The lowest BCUT2D eigenvalue weighted by Gasteiger charge is -2.13. The Morgan fingerprint density at radius 3 is 2.59 bits per heavy atom. The molecule has 148 valence electrons. The summed E-state index contributed by atoms with van der Waals surface area (Å²) in [6.07, 6.45) is 3.82. The molecule has 1 N–H and O–H groups in total. The first-order valence-corrected chi connectivity index (χ1v) is 9.84. The summed E-state index contributed by atoms with van der Waals surface area (Å²) in [7, 11) is 0. The zero-order valence-corrected chi connectivity index (χ0v) is 16.7. The summed E-state index contributed by atoms with van der Waals surface area (Å²) in [6.45, 7) is 4.06. The van der Waals surface area contributed by atoms with Gasteiger partial charge in [-0.2, -0.15) is 5.26 Å². The van der Waals surface area contributed by atoms with Gasteiger partial charge in [-0.3, -0.25) is 9.36 Å². The molecule has 3 aromatic rings. The monoisotopic (exact) mass is 388 g/mol. The van der Waals surface area contributed by atoms with E-state index in [1.807, 2.05) is 48.5 Å². The van der Waals surface area contributed by atoms with E-state index in [4.69, 9.17) is 0 Å². The maximum absolute atomic E-state index is 13.0. The topological polar surface area (TPSA) is 90.7 Å². The SMILES string of the molecule is CCCCCCn1c(O)c(C#N)c(C)c(N=Nc2cccc3ccccc23)c1=O. The lowest BCUT2D eigenvalue weighted by atomic mass is 10.1. The van der Waals surface area contributed by atoms with Gasteiger partial charge in [0, 0.05) is 17.5 Å². The van der Waals surface area contributed by atoms with Crippen molar-refractivity contribution in [3.63, 3.8) is 0 Å². The van der Waals surface area contributed by atoms with Crippen LogP contribution in [0.3, 0.4) is 0 Å². The highest BCUT2D eigenvalue weighted by Crippen LogP contribution is 2.30. The van der Waals surface area contributed by atoms with Crippen LogP contribution < -0.4 is 5.56 Å². The van der Waals surface area contributed by atoms with Crippen LogP contribution in [0.2, 0.25) is 0 Å². The number of pyridine rings is 1. The average molecular weight is 388 g/mol. The third-order valence-corrected chi connectivity index (χ3v) is 5.03. The van der Waals surface area contributed by atoms with E-state index in [1.54, 1.807) is 6.92 Å². The molecule has 0 saturated carbocycles. The molecule has 0 fully saturated rings. The zero-order valence-electron chi connectivity index (χ0n) is 16.7. The molecule has 3 rings (SSSR count). The lowest BCUT2D eigenvalue weighted by molar-refractivity contribution is 0.397. The van der Waals surface area contributed by atoms with Crippen LogP contribution in [0.25, 0.3) is 10.8 Å². The highest BCUT2D eigenvalue weighted by molar-refractivity contribution is 5.92. The molecule has 0 aliphatic carbocycles. The number of unbranched alkanes of at least 4 members (excludes halogenated alkanes) is 3. The van der Waals surface area contributed by atoms with E-state index >= 15 is 0 Å². The fourth-order valence-corrected chi connectivity index (χ4v) is 3.36. The molecule has 0 atom stereocenters. The Morgan fingerprint density at radius 2 is 1.83 bits per heavy atom. The van der Waals surface area contributed by atoms with Crippen molar-refractivity contribution in [3.05, 3.63) is 63.9 Å². The van der Waals surface area contributed by atoms with Crippen molar-refractivity contribution in [2.75, 3.05) is 0 Å². The van der Waals surface area contributed by atoms with Crippen molar-refractivity contribution < 1.29 is 5.11 Å². The molecular weight excluding hydrogens is 364 g/mol. The number of benzene rings is 2. The second-order valence-corrected chi connectivity index (χ2v) is 7.00. The van der Waals surface area contributed by atoms with Gasteiger partial charge in [-0.25, -0.2) is 0 Å². The molecule has 0 aliphatic rings. The minimum absolute atomic E-state index is 0.0620. The number of hydrogen-bond donors (Lipinski definition) is 1. The molecule has 0 bridgehead atoms. The summed E-state index contributed by atoms with van der Waals surface area (Å²) in [5.74, 6) is -0.296. The van der Waals surface area contributed by atoms with Crippen LogP contribution >= 0.6 is 0 Å². The highest BCUT2D eigenvalue weighted by Gasteiger charge is 2.19. The van der Waals surface area contributed by atoms with Gasteiger partial charge in [0.25, 0.3) is 5.56 Å². The number of nitriles is 1. The molecule has 29 heavy (non-hydrogen) atoms. The Hall–Kier alpha value is -3.46. The number of fused-ring (bicyclic) bond motifs is 1. The van der Waals surface area contributed by atoms with Crippen LogP contribution in [0, 0.1) is 18.3 Å². The Morgan fingerprint density at radius 1 is 1.07 bits per heavy atom. The number of hydrogen-bond acceptors (Lipinski definition) is 5. The summed E-state index contributed by atoms with van der Waals surface area (Å²) in [4.78, 5) is 13.0. The van der Waals surface area contributed by atoms with E-state index in [-0.39, 0.29) is 17.1 Å². The number of rotatable bonds is 7. The molecule has 0 unspecified atom stereocenters. The van der Waals surface area contributed by atoms with Gasteiger partial charge in [0.15, 0.2) is 5.69 Å². The molecule has 0 saturated heterocycles. The minimum atomic E-state index is -0.431. The largest absolute Gasteiger partial charge is 0.493 e. The molecule has 0 amide bonds. The molecule has 6 nitrogen and oxygen atoms in total. The van der Waals surface area contributed by atoms with E-state index in [0.29, 0.717) is 17.8 Å². The minimum Gasteiger partial charge on any atom is -0.493 e. The molecule has 2 aromatic carbocycles. The van der Waals surface area contributed by atoms with Gasteiger partial charge < -0.3 is 5.11 Å². The second-order valence-electron chi connectivity index (χ2n) is 7.00. The first kappa shape index (κ1) is 20.3. The zero-order chi connectivity index (χ0) is 20.8. The van der Waals surface area contributed by atoms with Gasteiger partial charge in [0.05, 0.1) is 5.69 Å². The molecule has 0 radical (unpaired) electrons. The summed E-state index contributed by atoms with van der Waals surface area (Å²) < 4.78 is 1.23. The first-order chi connectivity index (χ1) is 14.1. The normalized spacial score (nSPS) is 11.2. The maximum atomic E-state index is 13.0. The van der Waals surface area contributed by atoms with Gasteiger partial charge in [0.1, 0.15) is 11.6 Å². The van der Waals surface area contributed by atoms with Gasteiger partial charge in [-0.05, 0) is 24.8 Å². The van der Waals surface area contributed by atoms with E-state index in [0.717, 1.165) is 36.5 Å². The van der Waals surface area contributed by atoms with E-state index in [1.165, 1.54) is 4.57 Å². The molecular formula is C23H24N4O2. The van der Waals surface area contributed by atoms with Crippen molar-refractivity contribution in [2.45, 2.75) is 46.1 Å². The van der Waals surface area contributed by atoms with E-state index in [2.05, 4.69) is 17.2 Å². The quantitative estimate of drug-likeness (QED) is 0.404. The smallest absolute Gasteiger partial charge is 0.281 e. The fourth-order valence-electron chi connectivity index (χ4n) is 3.36. The maximum Gasteiger partial charge on any atom is 0.281 e. The summed E-state index contributed by atoms with van der Waals surface area (Å²) >= 11 is 0. The van der Waals surface area contributed by atoms with Crippen molar-refractivity contribution in [1.82, 2.24) is 4.57 Å². The lowest BCUT2D eigenvalue weighted by Crippen LogP contribution is -2.22. The van der Waals surface area contributed by atoms with Crippen LogP contribution in [0.5, 0.6) is 5.88 Å². The highest BCUT2D eigenvalue weighted by atomic mass is 16.3. The predicted molar refractivity (Wildman–Crippen MR) is 114 cm³/mol. The summed E-state index contributed by atoms with van der Waals surface area (Å²) in [5, 5.41) is 30.4. The third-order valence-electron chi connectivity index (χ3n) is 5.03. The summed E-state index contributed by atoms with van der Waals surface area (Å²) in [6, 6.07) is 15.5. The van der Waals surface area contributed by atoms with Crippen molar-refractivity contribution in [3.8, 4) is 11.9 Å². The van der Waals surface area contributed by atoms with Gasteiger partial charge in [-0.1, -0.05) is 62.6 Å². The predicted octanol–water partition coefficient (Wildman–Crippen LogP) is 5.88. The van der Waals surface area contributed by atoms with Crippen LogP contribution in [0.15, 0.2) is 57.5 Å². The van der Waals surface area contributed by atoms with Crippen molar-refractivity contribution in [1.29, 1.82) is 5.26 Å². The Bertz CT molecular complexity index is 1150. The average Bonchev–Trinajstić information content (AvgIpc) is 2.73. The Labute approximate surface area is 169 Å². The van der Waals surface area contributed by atoms with Gasteiger partial charge >= 0.3 is 0 Å². The van der Waals surface area contributed by atoms with Gasteiger partial charge in [-0.15, -0.1) is 10.2 Å². The van der Waals surface area contributed by atoms with Crippen LogP contribution in [0.1, 0.15) is 43.7 Å². The second kappa shape index (κ2) is 9.16. The third kappa shape index (κ3) is 4.19. The van der Waals surface area contributed by atoms with Crippen molar-refractivity contribution >= 4 is 22.1 Å². The Balaban J connectivity index is 2.05. The first-order valence-electron chi connectivity index (χ1n) is 9.84. The van der Waals surface area contributed by atoms with Gasteiger partial charge in [0.2, 0.25) is 5.88 Å². The summed E-state index contributed by atoms with van der Waals surface area (Å²) in [5.41, 5.74) is 0.695. The fraction of sp³-hybridized carbons (Fsp3) is 0.304. The number of azo groups is 1. The van der Waals surface area contributed by atoms with E-state index in [9.17, 15) is 15.2 Å². The number of aromatic nitrogens is 1. The van der Waals surface area contributed by atoms with Crippen LogP contribution in [-0.2, 0) is 6.54 Å². The molecule has 0 aliphatic heterocycles. The standard InChI is InChI=1S/C23H24N4O2/c1-3-4-5-8-14-27-22(28)19(15-24)16(2)21(23(27)29)26-25-20-13-9-11-17-10-6-7-12-18(17)20/h6-7,9-13,28H,3-5,8,14H2,1-2H3. The number of nitrogens with zero attached hydrogens (tertiary/aromatic N) is 4. The molecule has 1 aromatic heterocycles. The van der Waals surface area contributed by atoms with Crippen LogP contribution in [0.4, 0.5) is 11.4 Å².